The molecule has 0 spiro atoms. The summed E-state index contributed by atoms with van der Waals surface area (Å²) < 4.78 is 11.1. The molecule has 1 saturated heterocycles. The number of carbonyl (C=O) groups is 1. The lowest BCUT2D eigenvalue weighted by molar-refractivity contribution is 0.249. The van der Waals surface area contributed by atoms with Crippen LogP contribution < -0.4 is 10.4 Å². The summed E-state index contributed by atoms with van der Waals surface area (Å²) >= 11 is 5.30. The molecule has 9 heavy (non-hydrogen) atoms. The lowest BCUT2D eigenvalue weighted by Crippen LogP contribution is -2.19. The topological polar surface area (TPSA) is 58.2 Å². The van der Waals surface area contributed by atoms with Gasteiger partial charge in [-0.05, 0) is 0 Å². The van der Waals surface area contributed by atoms with Crippen molar-refractivity contribution in [1.29, 1.82) is 0 Å². The van der Waals surface area contributed by atoms with Gasteiger partial charge in [-0.25, -0.2) is 4.79 Å². The van der Waals surface area contributed by atoms with Gasteiger partial charge in [0, 0.05) is 0 Å². The van der Waals surface area contributed by atoms with Crippen molar-refractivity contribution in [1.82, 2.24) is 10.4 Å². The Morgan fingerprint density at radius 3 is 2.67 bits per heavy atom. The first-order valence-corrected chi connectivity index (χ1v) is 4.98. The van der Waals surface area contributed by atoms with Crippen LogP contribution in [0.25, 0.3) is 0 Å². The van der Waals surface area contributed by atoms with Crippen LogP contribution >= 0.6 is 18.9 Å². The van der Waals surface area contributed by atoms with Gasteiger partial charge < -0.3 is 5.32 Å². The van der Waals surface area contributed by atoms with Gasteiger partial charge >= 0.3 is 6.03 Å². The molecule has 1 heterocycles. The Hall–Kier alpha value is -0.210. The first-order valence-electron chi connectivity index (χ1n) is 2.36. The van der Waals surface area contributed by atoms with Crippen LogP contribution in [0.15, 0.2) is 0 Å². The number of carbonyl (C=O) groups excluding carboxylic acids is 1. The molecule has 2 N–H and O–H groups in total. The first kappa shape index (κ1) is 6.90. The summed E-state index contributed by atoms with van der Waals surface area (Å²) in [6, 6.07) is -0.390. The molecule has 1 aliphatic heterocycles. The summed E-state index contributed by atoms with van der Waals surface area (Å²) in [5, 5.41) is 4.62. The van der Waals surface area contributed by atoms with Crippen LogP contribution in [0, 0.1) is 0 Å². The van der Waals surface area contributed by atoms with Crippen molar-refractivity contribution in [2.45, 2.75) is 0 Å². The Kier molecular flexibility index (Phi) is 1.68. The van der Waals surface area contributed by atoms with Crippen molar-refractivity contribution < 1.29 is 9.36 Å². The van der Waals surface area contributed by atoms with E-state index in [1.165, 1.54) is 0 Å². The van der Waals surface area contributed by atoms with Gasteiger partial charge in [0.1, 0.15) is 0 Å². The second kappa shape index (κ2) is 2.20. The first-order chi connectivity index (χ1) is 4.16. The molecule has 0 saturated carbocycles. The predicted molar refractivity (Wildman–Crippen MR) is 34.9 cm³/mol. The fourth-order valence-electron chi connectivity index (χ4n) is 0.536. The minimum absolute atomic E-state index is 0.00569. The van der Waals surface area contributed by atoms with Gasteiger partial charge in [-0.1, -0.05) is 0 Å². The van der Waals surface area contributed by atoms with Crippen LogP contribution in [0.2, 0.25) is 0 Å². The van der Waals surface area contributed by atoms with Gasteiger partial charge in [0.05, 0.1) is 11.9 Å². The molecule has 1 rings (SSSR count). The third kappa shape index (κ3) is 1.37. The van der Waals surface area contributed by atoms with Crippen LogP contribution in [-0.4, -0.2) is 17.9 Å². The van der Waals surface area contributed by atoms with Crippen molar-refractivity contribution >= 4 is 24.9 Å². The van der Waals surface area contributed by atoms with Crippen LogP contribution in [-0.2, 0) is 4.57 Å². The fraction of sp³-hybridized carbons (Fsp3) is 0.667. The van der Waals surface area contributed by atoms with E-state index >= 15 is 0 Å². The third-order valence-corrected chi connectivity index (χ3v) is 3.82. The van der Waals surface area contributed by atoms with E-state index in [0.717, 1.165) is 0 Å². The van der Waals surface area contributed by atoms with E-state index in [9.17, 15) is 9.36 Å². The third-order valence-electron chi connectivity index (χ3n) is 0.993. The summed E-state index contributed by atoms with van der Waals surface area (Å²) in [5.74, 6) is 0. The second-order valence-corrected chi connectivity index (χ2v) is 5.06. The zero-order valence-corrected chi connectivity index (χ0v) is 6.21. The maximum absolute atomic E-state index is 11.1. The number of hydrogen-bond acceptors (Lipinski definition) is 2. The largest absolute Gasteiger partial charge is 0.329 e. The predicted octanol–water partition coefficient (Wildman–Crippen LogP) is 0.731. The van der Waals surface area contributed by atoms with Crippen molar-refractivity contribution in [3.63, 3.8) is 0 Å². The molecule has 0 bridgehead atoms. The highest BCUT2D eigenvalue weighted by Gasteiger charge is 2.29. The number of nitrogens with one attached hydrogen (secondary N) is 2. The SMILES string of the molecule is O=C1NCP(=O)(CCl)N1. The second-order valence-electron chi connectivity index (χ2n) is 1.78. The minimum Gasteiger partial charge on any atom is -0.329 e. The van der Waals surface area contributed by atoms with Crippen LogP contribution in [0.3, 0.4) is 0 Å². The quantitative estimate of drug-likeness (QED) is 0.448. The molecule has 2 amide bonds. The normalized spacial score (nSPS) is 33.7. The van der Waals surface area contributed by atoms with Gasteiger partial charge in [0.25, 0.3) is 0 Å². The highest BCUT2D eigenvalue weighted by Crippen LogP contribution is 2.42. The highest BCUT2D eigenvalue weighted by atomic mass is 35.5. The van der Waals surface area contributed by atoms with Crippen molar-refractivity contribution in [3.8, 4) is 0 Å². The van der Waals surface area contributed by atoms with Crippen molar-refractivity contribution in [3.05, 3.63) is 0 Å². The molecule has 6 heteroatoms. The number of amides is 2. The van der Waals surface area contributed by atoms with Gasteiger partial charge in [0.2, 0.25) is 7.29 Å². The summed E-state index contributed by atoms with van der Waals surface area (Å²) in [4.78, 5) is 10.4. The lowest BCUT2D eigenvalue weighted by atomic mass is 11.0. The Balaban J connectivity index is 2.66. The molecule has 1 aliphatic rings. The average Bonchev–Trinajstić information content (AvgIpc) is 2.13. The van der Waals surface area contributed by atoms with Crippen LogP contribution in [0.5, 0.6) is 0 Å². The number of alkyl halides is 1. The Morgan fingerprint density at radius 1 is 1.78 bits per heavy atom. The number of hydrogen-bond donors (Lipinski definition) is 2. The van der Waals surface area contributed by atoms with Gasteiger partial charge in [0.15, 0.2) is 0 Å². The Morgan fingerprint density at radius 2 is 2.44 bits per heavy atom. The summed E-state index contributed by atoms with van der Waals surface area (Å²) in [6.07, 6.45) is 0.176. The van der Waals surface area contributed by atoms with Gasteiger partial charge in [-0.3, -0.25) is 9.65 Å². The number of halogens is 1. The molecular weight excluding hydrogens is 162 g/mol. The molecule has 1 fully saturated rings. The summed E-state index contributed by atoms with van der Waals surface area (Å²) in [7, 11) is -2.55. The molecule has 0 radical (unpaired) electrons. The lowest BCUT2D eigenvalue weighted by Gasteiger charge is -2.01. The standard InChI is InChI=1S/C3H6ClN2O2P/c4-1-9(8)2-5-3(7)6-9/h1-2H2,(H2,5,6,7,8). The zero-order valence-electron chi connectivity index (χ0n) is 4.56. The minimum atomic E-state index is -2.55. The van der Waals surface area contributed by atoms with E-state index in [2.05, 4.69) is 10.4 Å². The van der Waals surface area contributed by atoms with Gasteiger partial charge in [-0.2, -0.15) is 0 Å². The number of rotatable bonds is 1. The summed E-state index contributed by atoms with van der Waals surface area (Å²) in [6.45, 7) is 0. The van der Waals surface area contributed by atoms with Crippen molar-refractivity contribution in [2.24, 2.45) is 0 Å². The maximum Gasteiger partial charge on any atom is 0.320 e. The molecule has 1 unspecified atom stereocenters. The Labute approximate surface area is 57.4 Å². The van der Waals surface area contributed by atoms with Crippen molar-refractivity contribution in [2.75, 3.05) is 11.9 Å². The van der Waals surface area contributed by atoms with E-state index in [4.69, 9.17) is 11.6 Å². The number of urea groups is 1. The van der Waals surface area contributed by atoms with E-state index in [-0.39, 0.29) is 17.9 Å². The molecule has 0 aromatic heterocycles. The van der Waals surface area contributed by atoms with Crippen LogP contribution in [0.1, 0.15) is 0 Å². The van der Waals surface area contributed by atoms with E-state index in [1.54, 1.807) is 0 Å². The van der Waals surface area contributed by atoms with E-state index in [1.807, 2.05) is 0 Å². The highest BCUT2D eigenvalue weighted by molar-refractivity contribution is 7.64. The maximum atomic E-state index is 11.1. The molecule has 52 valence electrons. The zero-order chi connectivity index (χ0) is 6.91. The average molecular weight is 169 g/mol. The smallest absolute Gasteiger partial charge is 0.320 e. The van der Waals surface area contributed by atoms with E-state index in [0.29, 0.717) is 0 Å². The van der Waals surface area contributed by atoms with Crippen LogP contribution in [0.4, 0.5) is 4.79 Å². The molecule has 0 aromatic carbocycles. The molecule has 4 nitrogen and oxygen atoms in total. The van der Waals surface area contributed by atoms with E-state index < -0.39 is 7.29 Å². The summed E-state index contributed by atoms with van der Waals surface area (Å²) in [5.41, 5.74) is 0.00569. The van der Waals surface area contributed by atoms with Gasteiger partial charge in [-0.15, -0.1) is 11.6 Å². The monoisotopic (exact) mass is 168 g/mol. The fourth-order valence-corrected chi connectivity index (χ4v) is 2.04. The molecule has 0 aromatic rings. The molecular formula is C3H6ClN2O2P. The molecule has 0 aliphatic carbocycles. The Bertz CT molecular complexity index is 183. The molecule has 1 atom stereocenters.